The highest BCUT2D eigenvalue weighted by Crippen LogP contribution is 2.06. The summed E-state index contributed by atoms with van der Waals surface area (Å²) in [5.41, 5.74) is 1.98. The second-order valence-electron chi connectivity index (χ2n) is 4.97. The van der Waals surface area contributed by atoms with Gasteiger partial charge in [0.05, 0.1) is 5.75 Å². The minimum atomic E-state index is -3.72. The van der Waals surface area contributed by atoms with E-state index in [4.69, 9.17) is 4.42 Å². The van der Waals surface area contributed by atoms with Crippen molar-refractivity contribution in [3.8, 4) is 0 Å². The molecule has 1 heterocycles. The summed E-state index contributed by atoms with van der Waals surface area (Å²) in [5, 5.41) is 0. The second kappa shape index (κ2) is 6.74. The number of hydrogen-bond donors (Lipinski definition) is 1. The molecule has 0 saturated carbocycles. The fraction of sp³-hybridized carbons (Fsp3) is 0.333. The number of benzene rings is 1. The van der Waals surface area contributed by atoms with Gasteiger partial charge in [0, 0.05) is 6.42 Å². The Morgan fingerprint density at radius 3 is 2.55 bits per heavy atom. The zero-order chi connectivity index (χ0) is 16.2. The van der Waals surface area contributed by atoms with E-state index < -0.39 is 15.9 Å². The van der Waals surface area contributed by atoms with Crippen LogP contribution in [-0.2, 0) is 22.9 Å². The van der Waals surface area contributed by atoms with Gasteiger partial charge in [0.25, 0.3) is 5.91 Å². The first-order valence-electron chi connectivity index (χ1n) is 6.94. The molecule has 0 fully saturated rings. The van der Waals surface area contributed by atoms with Crippen LogP contribution in [0.1, 0.15) is 34.4 Å². The summed E-state index contributed by atoms with van der Waals surface area (Å²) in [5.74, 6) is -0.546. The molecule has 1 N–H and O–H groups in total. The highest BCUT2D eigenvalue weighted by Gasteiger charge is 2.19. The fourth-order valence-electron chi connectivity index (χ4n) is 1.83. The topological polar surface area (TPSA) is 89.3 Å². The minimum absolute atomic E-state index is 0.0317. The lowest BCUT2D eigenvalue weighted by atomic mass is 10.1. The molecule has 1 aromatic carbocycles. The van der Waals surface area contributed by atoms with Crippen molar-refractivity contribution in [3.63, 3.8) is 0 Å². The average molecular weight is 322 g/mol. The normalized spacial score (nSPS) is 11.4. The van der Waals surface area contributed by atoms with E-state index in [-0.39, 0.29) is 11.4 Å². The van der Waals surface area contributed by atoms with E-state index in [2.05, 4.69) is 4.98 Å². The standard InChI is InChI=1S/C15H18N2O4S/c1-3-14-16-13(10-21-14)15(18)17-22(19,20)9-8-12-6-4-11(2)5-7-12/h4-7,10H,3,8-9H2,1-2H3,(H,17,18). The van der Waals surface area contributed by atoms with Gasteiger partial charge >= 0.3 is 0 Å². The van der Waals surface area contributed by atoms with E-state index in [1.165, 1.54) is 0 Å². The summed E-state index contributed by atoms with van der Waals surface area (Å²) in [6, 6.07) is 7.58. The first-order valence-corrected chi connectivity index (χ1v) is 8.59. The van der Waals surface area contributed by atoms with Gasteiger partial charge in [-0.15, -0.1) is 0 Å². The van der Waals surface area contributed by atoms with Crippen molar-refractivity contribution in [3.05, 3.63) is 53.2 Å². The third-order valence-corrected chi connectivity index (χ3v) is 4.35. The number of oxazole rings is 1. The predicted octanol–water partition coefficient (Wildman–Crippen LogP) is 1.85. The first-order chi connectivity index (χ1) is 10.4. The molecule has 22 heavy (non-hydrogen) atoms. The van der Waals surface area contributed by atoms with Gasteiger partial charge in [-0.05, 0) is 18.9 Å². The summed E-state index contributed by atoms with van der Waals surface area (Å²) in [4.78, 5) is 15.7. The van der Waals surface area contributed by atoms with E-state index in [1.807, 2.05) is 42.8 Å². The van der Waals surface area contributed by atoms with Crippen molar-refractivity contribution < 1.29 is 17.6 Å². The average Bonchev–Trinajstić information content (AvgIpc) is 2.95. The maximum atomic E-state index is 11.9. The number of nitrogens with zero attached hydrogens (tertiary/aromatic N) is 1. The highest BCUT2D eigenvalue weighted by molar-refractivity contribution is 7.90. The van der Waals surface area contributed by atoms with Crippen LogP contribution in [0, 0.1) is 6.92 Å². The summed E-state index contributed by atoms with van der Waals surface area (Å²) >= 11 is 0. The van der Waals surface area contributed by atoms with Crippen molar-refractivity contribution in [2.45, 2.75) is 26.7 Å². The third-order valence-electron chi connectivity index (χ3n) is 3.12. The molecule has 7 heteroatoms. The number of aryl methyl sites for hydroxylation is 3. The largest absolute Gasteiger partial charge is 0.448 e. The zero-order valence-electron chi connectivity index (χ0n) is 12.5. The van der Waals surface area contributed by atoms with Gasteiger partial charge in [0.1, 0.15) is 6.26 Å². The second-order valence-corrected chi connectivity index (χ2v) is 6.81. The number of amides is 1. The molecule has 118 valence electrons. The van der Waals surface area contributed by atoms with Crippen LogP contribution in [0.2, 0.25) is 0 Å². The Bertz CT molecular complexity index is 748. The quantitative estimate of drug-likeness (QED) is 0.876. The van der Waals surface area contributed by atoms with Crippen molar-refractivity contribution in [1.82, 2.24) is 9.71 Å². The molecule has 0 bridgehead atoms. The molecule has 0 spiro atoms. The summed E-state index contributed by atoms with van der Waals surface area (Å²) in [6.07, 6.45) is 2.03. The molecule has 0 aliphatic rings. The van der Waals surface area contributed by atoms with E-state index in [9.17, 15) is 13.2 Å². The minimum Gasteiger partial charge on any atom is -0.448 e. The summed E-state index contributed by atoms with van der Waals surface area (Å²) in [6.45, 7) is 3.79. The fourth-order valence-corrected chi connectivity index (χ4v) is 2.82. The van der Waals surface area contributed by atoms with Crippen LogP contribution in [0.15, 0.2) is 34.9 Å². The zero-order valence-corrected chi connectivity index (χ0v) is 13.3. The number of hydrogen-bond acceptors (Lipinski definition) is 5. The molecular weight excluding hydrogens is 304 g/mol. The Kier molecular flexibility index (Phi) is 4.97. The maximum absolute atomic E-state index is 11.9. The monoisotopic (exact) mass is 322 g/mol. The van der Waals surface area contributed by atoms with Crippen molar-refractivity contribution >= 4 is 15.9 Å². The molecular formula is C15H18N2O4S. The molecule has 1 aromatic heterocycles. The molecule has 2 rings (SSSR count). The van der Waals surface area contributed by atoms with Gasteiger partial charge in [-0.3, -0.25) is 4.79 Å². The van der Waals surface area contributed by atoms with E-state index in [0.717, 1.165) is 17.4 Å². The summed E-state index contributed by atoms with van der Waals surface area (Å²) < 4.78 is 30.9. The Hall–Kier alpha value is -2.15. The Balaban J connectivity index is 1.95. The Morgan fingerprint density at radius 1 is 1.27 bits per heavy atom. The molecule has 6 nitrogen and oxygen atoms in total. The van der Waals surface area contributed by atoms with Crippen LogP contribution in [-0.4, -0.2) is 25.1 Å². The number of nitrogens with one attached hydrogen (secondary N) is 1. The summed E-state index contributed by atoms with van der Waals surface area (Å²) in [7, 11) is -3.72. The van der Waals surface area contributed by atoms with Gasteiger partial charge in [-0.1, -0.05) is 36.8 Å². The molecule has 0 atom stereocenters. The van der Waals surface area contributed by atoms with Gasteiger partial charge in [0.15, 0.2) is 11.6 Å². The molecule has 0 radical (unpaired) electrons. The van der Waals surface area contributed by atoms with Gasteiger partial charge in [-0.2, -0.15) is 0 Å². The number of carbonyl (C=O) groups is 1. The van der Waals surface area contributed by atoms with Gasteiger partial charge in [0.2, 0.25) is 10.0 Å². The molecule has 2 aromatic rings. The van der Waals surface area contributed by atoms with Crippen molar-refractivity contribution in [2.24, 2.45) is 0 Å². The van der Waals surface area contributed by atoms with Crippen LogP contribution in [0.4, 0.5) is 0 Å². The maximum Gasteiger partial charge on any atom is 0.286 e. The van der Waals surface area contributed by atoms with Crippen LogP contribution >= 0.6 is 0 Å². The van der Waals surface area contributed by atoms with Gasteiger partial charge < -0.3 is 4.42 Å². The van der Waals surface area contributed by atoms with Crippen LogP contribution in [0.5, 0.6) is 0 Å². The number of aromatic nitrogens is 1. The molecule has 1 amide bonds. The van der Waals surface area contributed by atoms with E-state index >= 15 is 0 Å². The number of rotatable bonds is 6. The lowest BCUT2D eigenvalue weighted by Gasteiger charge is -2.05. The van der Waals surface area contributed by atoms with Crippen molar-refractivity contribution in [2.75, 3.05) is 5.75 Å². The lowest BCUT2D eigenvalue weighted by Crippen LogP contribution is -2.33. The smallest absolute Gasteiger partial charge is 0.286 e. The molecule has 0 unspecified atom stereocenters. The van der Waals surface area contributed by atoms with E-state index in [0.29, 0.717) is 18.7 Å². The predicted molar refractivity (Wildman–Crippen MR) is 82.0 cm³/mol. The van der Waals surface area contributed by atoms with Crippen molar-refractivity contribution in [1.29, 1.82) is 0 Å². The first kappa shape index (κ1) is 16.2. The number of carbonyl (C=O) groups excluding carboxylic acids is 1. The van der Waals surface area contributed by atoms with Gasteiger partial charge in [-0.25, -0.2) is 18.1 Å². The third kappa shape index (κ3) is 4.42. The highest BCUT2D eigenvalue weighted by atomic mass is 32.2. The molecule has 0 aliphatic heterocycles. The SMILES string of the molecule is CCc1nc(C(=O)NS(=O)(=O)CCc2ccc(C)cc2)co1. The number of sulfonamides is 1. The van der Waals surface area contributed by atoms with Crippen LogP contribution in [0.25, 0.3) is 0 Å². The molecule has 0 saturated heterocycles. The van der Waals surface area contributed by atoms with Crippen LogP contribution < -0.4 is 4.72 Å². The molecule has 0 aliphatic carbocycles. The van der Waals surface area contributed by atoms with E-state index in [1.54, 1.807) is 0 Å². The Labute approximate surface area is 129 Å². The van der Waals surface area contributed by atoms with Crippen LogP contribution in [0.3, 0.4) is 0 Å². The Morgan fingerprint density at radius 2 is 1.95 bits per heavy atom. The lowest BCUT2D eigenvalue weighted by molar-refractivity contribution is 0.0976.